The normalized spacial score (nSPS) is 22.9. The fourth-order valence-electron chi connectivity index (χ4n) is 2.84. The van der Waals surface area contributed by atoms with E-state index in [0.717, 1.165) is 5.56 Å². The van der Waals surface area contributed by atoms with Gasteiger partial charge in [-0.25, -0.2) is 9.18 Å². The van der Waals surface area contributed by atoms with Crippen LogP contribution in [0.3, 0.4) is 0 Å². The van der Waals surface area contributed by atoms with Crippen molar-refractivity contribution in [1.29, 1.82) is 0 Å². The minimum absolute atomic E-state index is 0.00888. The van der Waals surface area contributed by atoms with Crippen LogP contribution < -0.4 is 0 Å². The second kappa shape index (κ2) is 6.24. The van der Waals surface area contributed by atoms with Crippen LogP contribution in [0.1, 0.15) is 31.7 Å². The number of amides is 1. The van der Waals surface area contributed by atoms with Crippen LogP contribution in [0, 0.1) is 5.92 Å². The first-order valence-electron chi connectivity index (χ1n) is 7.21. The third kappa shape index (κ3) is 3.24. The van der Waals surface area contributed by atoms with Crippen molar-refractivity contribution in [1.82, 2.24) is 4.90 Å². The van der Waals surface area contributed by atoms with E-state index < -0.39 is 24.1 Å². The smallest absolute Gasteiger partial charge is 0.343 e. The van der Waals surface area contributed by atoms with Crippen molar-refractivity contribution in [3.8, 4) is 0 Å². The van der Waals surface area contributed by atoms with Crippen LogP contribution in [0.2, 0.25) is 5.02 Å². The molecule has 1 amide bonds. The monoisotopic (exact) mass is 327 g/mol. The van der Waals surface area contributed by atoms with Crippen molar-refractivity contribution in [3.63, 3.8) is 0 Å². The molecule has 1 N–H and O–H groups in total. The van der Waals surface area contributed by atoms with Gasteiger partial charge in [0.2, 0.25) is 11.6 Å². The molecule has 0 spiro atoms. The largest absolute Gasteiger partial charge is 0.479 e. The number of alkyl halides is 1. The van der Waals surface area contributed by atoms with E-state index in [-0.39, 0.29) is 24.8 Å². The molecule has 1 heterocycles. The van der Waals surface area contributed by atoms with Gasteiger partial charge in [0.25, 0.3) is 0 Å². The second-order valence-corrected chi connectivity index (χ2v) is 6.49. The first-order chi connectivity index (χ1) is 10.2. The van der Waals surface area contributed by atoms with E-state index in [9.17, 15) is 14.0 Å². The summed E-state index contributed by atoms with van der Waals surface area (Å²) in [6, 6.07) is 7.02. The van der Waals surface area contributed by atoms with Crippen LogP contribution in [0.25, 0.3) is 0 Å². The molecule has 22 heavy (non-hydrogen) atoms. The second-order valence-electron chi connectivity index (χ2n) is 6.06. The van der Waals surface area contributed by atoms with Gasteiger partial charge >= 0.3 is 5.97 Å². The Bertz CT molecular complexity index is 593. The molecule has 1 saturated heterocycles. The highest BCUT2D eigenvalue weighted by molar-refractivity contribution is 6.30. The summed E-state index contributed by atoms with van der Waals surface area (Å²) in [5, 5.41) is 9.47. The Hall–Kier alpha value is -1.62. The van der Waals surface area contributed by atoms with E-state index in [0.29, 0.717) is 5.02 Å². The summed E-state index contributed by atoms with van der Waals surface area (Å²) in [5.41, 5.74) is -1.58. The Kier molecular flexibility index (Phi) is 4.75. The summed E-state index contributed by atoms with van der Waals surface area (Å²) in [6.45, 7) is 3.52. The molecule has 1 aliphatic rings. The molecule has 1 aliphatic heterocycles. The fraction of sp³-hybridized carbons (Fsp3) is 0.500. The molecule has 0 radical (unpaired) electrons. The Labute approximate surface area is 133 Å². The van der Waals surface area contributed by atoms with Gasteiger partial charge in [0.05, 0.1) is 12.5 Å². The highest BCUT2D eigenvalue weighted by atomic mass is 35.5. The number of likely N-dealkylation sites (tertiary alicyclic amines) is 1. The van der Waals surface area contributed by atoms with E-state index >= 15 is 0 Å². The minimum atomic E-state index is -2.34. The highest BCUT2D eigenvalue weighted by Gasteiger charge is 2.48. The van der Waals surface area contributed by atoms with E-state index in [1.165, 1.54) is 4.90 Å². The molecule has 120 valence electrons. The van der Waals surface area contributed by atoms with Gasteiger partial charge in [0.1, 0.15) is 0 Å². The summed E-state index contributed by atoms with van der Waals surface area (Å²) in [5.74, 6) is -2.23. The molecular formula is C16H19ClFNO3. The topological polar surface area (TPSA) is 57.6 Å². The summed E-state index contributed by atoms with van der Waals surface area (Å²) in [4.78, 5) is 25.0. The van der Waals surface area contributed by atoms with Crippen molar-refractivity contribution in [3.05, 3.63) is 34.9 Å². The minimum Gasteiger partial charge on any atom is -0.479 e. The van der Waals surface area contributed by atoms with Crippen LogP contribution >= 0.6 is 11.6 Å². The van der Waals surface area contributed by atoms with Crippen molar-refractivity contribution in [2.75, 3.05) is 13.1 Å². The maximum absolute atomic E-state index is 14.2. The molecule has 4 nitrogen and oxygen atoms in total. The van der Waals surface area contributed by atoms with E-state index in [4.69, 9.17) is 16.7 Å². The van der Waals surface area contributed by atoms with Crippen LogP contribution in [0.4, 0.5) is 4.39 Å². The molecule has 2 atom stereocenters. The number of carbonyl (C=O) groups is 2. The molecule has 0 aromatic heterocycles. The third-order valence-electron chi connectivity index (χ3n) is 4.05. The number of hydrogen-bond donors (Lipinski definition) is 1. The SMILES string of the molecule is CC(C)C(C(=O)N1CCC(F)(C(=O)O)C1)c1cccc(Cl)c1. The molecule has 2 unspecified atom stereocenters. The first-order valence-corrected chi connectivity index (χ1v) is 7.59. The van der Waals surface area contributed by atoms with Crippen molar-refractivity contribution in [2.45, 2.75) is 31.9 Å². The summed E-state index contributed by atoms with van der Waals surface area (Å²) < 4.78 is 14.2. The number of carboxylic acid groups (broad SMARTS) is 1. The number of rotatable bonds is 4. The lowest BCUT2D eigenvalue weighted by Gasteiger charge is -2.27. The van der Waals surface area contributed by atoms with Crippen LogP contribution in [0.5, 0.6) is 0 Å². The Morgan fingerprint density at radius 3 is 2.59 bits per heavy atom. The quantitative estimate of drug-likeness (QED) is 0.924. The van der Waals surface area contributed by atoms with E-state index in [2.05, 4.69) is 0 Å². The molecule has 1 fully saturated rings. The molecule has 2 rings (SSSR count). The van der Waals surface area contributed by atoms with Crippen molar-refractivity contribution >= 4 is 23.5 Å². The van der Waals surface area contributed by atoms with Crippen LogP contribution in [0.15, 0.2) is 24.3 Å². The Balaban J connectivity index is 2.24. The molecule has 1 aromatic carbocycles. The zero-order valence-corrected chi connectivity index (χ0v) is 13.3. The zero-order chi connectivity index (χ0) is 16.5. The van der Waals surface area contributed by atoms with Crippen LogP contribution in [-0.4, -0.2) is 40.6 Å². The zero-order valence-electron chi connectivity index (χ0n) is 12.6. The lowest BCUT2D eigenvalue weighted by Crippen LogP contribution is -2.41. The van der Waals surface area contributed by atoms with Crippen molar-refractivity contribution < 1.29 is 19.1 Å². The average Bonchev–Trinajstić information content (AvgIpc) is 2.83. The van der Waals surface area contributed by atoms with Gasteiger partial charge in [-0.15, -0.1) is 0 Å². The predicted octanol–water partition coefficient (Wildman–Crippen LogP) is 3.10. The molecular weight excluding hydrogens is 309 g/mol. The van der Waals surface area contributed by atoms with Crippen LogP contribution in [-0.2, 0) is 9.59 Å². The Morgan fingerprint density at radius 2 is 2.09 bits per heavy atom. The number of benzene rings is 1. The van der Waals surface area contributed by atoms with Gasteiger partial charge in [-0.1, -0.05) is 37.6 Å². The highest BCUT2D eigenvalue weighted by Crippen LogP contribution is 2.33. The fourth-order valence-corrected chi connectivity index (χ4v) is 3.04. The summed E-state index contributed by atoms with van der Waals surface area (Å²) in [6.07, 6.45) is -0.172. The number of hydrogen-bond acceptors (Lipinski definition) is 2. The molecule has 1 aromatic rings. The molecule has 0 saturated carbocycles. The van der Waals surface area contributed by atoms with E-state index in [1.54, 1.807) is 18.2 Å². The third-order valence-corrected chi connectivity index (χ3v) is 4.29. The molecule has 6 heteroatoms. The van der Waals surface area contributed by atoms with Gasteiger partial charge in [-0.3, -0.25) is 4.79 Å². The number of carboxylic acids is 1. The average molecular weight is 328 g/mol. The number of nitrogens with zero attached hydrogens (tertiary/aromatic N) is 1. The first kappa shape index (κ1) is 16.7. The number of carbonyl (C=O) groups excluding carboxylic acids is 1. The van der Waals surface area contributed by atoms with E-state index in [1.807, 2.05) is 19.9 Å². The standard InChI is InChI=1S/C16H19ClFNO3/c1-10(2)13(11-4-3-5-12(17)8-11)14(20)19-7-6-16(18,9-19)15(21)22/h3-5,8,10,13H,6-7,9H2,1-2H3,(H,21,22). The van der Waals surface area contributed by atoms with Gasteiger partial charge in [-0.05, 0) is 23.6 Å². The van der Waals surface area contributed by atoms with Gasteiger partial charge in [0.15, 0.2) is 0 Å². The molecule has 0 aliphatic carbocycles. The summed E-state index contributed by atoms with van der Waals surface area (Å²) >= 11 is 5.98. The summed E-state index contributed by atoms with van der Waals surface area (Å²) in [7, 11) is 0. The predicted molar refractivity (Wildman–Crippen MR) is 81.7 cm³/mol. The maximum Gasteiger partial charge on any atom is 0.343 e. The number of halogens is 2. The lowest BCUT2D eigenvalue weighted by atomic mass is 9.87. The Morgan fingerprint density at radius 1 is 1.41 bits per heavy atom. The van der Waals surface area contributed by atoms with Gasteiger partial charge in [-0.2, -0.15) is 0 Å². The number of aliphatic carboxylic acids is 1. The van der Waals surface area contributed by atoms with Crippen molar-refractivity contribution in [2.24, 2.45) is 5.92 Å². The van der Waals surface area contributed by atoms with Gasteiger partial charge < -0.3 is 10.0 Å². The maximum atomic E-state index is 14.2. The molecule has 0 bridgehead atoms. The van der Waals surface area contributed by atoms with Gasteiger partial charge in [0, 0.05) is 18.0 Å². The lowest BCUT2D eigenvalue weighted by molar-refractivity contribution is -0.150.